The SMILES string of the molecule is Cc1ccc(CNc2nc(C(F)(F)F)ccc2C(N)=O)s1. The second-order valence-electron chi connectivity index (χ2n) is 4.32. The van der Waals surface area contributed by atoms with Gasteiger partial charge < -0.3 is 11.1 Å². The Morgan fingerprint density at radius 3 is 2.57 bits per heavy atom. The zero-order chi connectivity index (χ0) is 15.6. The average Bonchev–Trinajstić information content (AvgIpc) is 2.80. The Kier molecular flexibility index (Phi) is 4.17. The first-order valence-corrected chi connectivity index (χ1v) is 6.76. The molecular weight excluding hydrogens is 303 g/mol. The van der Waals surface area contributed by atoms with Crippen molar-refractivity contribution >= 4 is 23.1 Å². The van der Waals surface area contributed by atoms with Crippen molar-refractivity contribution in [3.8, 4) is 0 Å². The summed E-state index contributed by atoms with van der Waals surface area (Å²) in [6, 6.07) is 5.52. The number of anilines is 1. The van der Waals surface area contributed by atoms with Crippen molar-refractivity contribution in [3.63, 3.8) is 0 Å². The number of nitrogens with two attached hydrogens (primary N) is 1. The van der Waals surface area contributed by atoms with E-state index in [1.54, 1.807) is 0 Å². The summed E-state index contributed by atoms with van der Waals surface area (Å²) >= 11 is 1.50. The summed E-state index contributed by atoms with van der Waals surface area (Å²) in [5.74, 6) is -0.996. The van der Waals surface area contributed by atoms with Gasteiger partial charge in [0.2, 0.25) is 0 Å². The van der Waals surface area contributed by atoms with Gasteiger partial charge in [-0.3, -0.25) is 4.79 Å². The highest BCUT2D eigenvalue weighted by Gasteiger charge is 2.33. The molecule has 2 rings (SSSR count). The van der Waals surface area contributed by atoms with Crippen LogP contribution in [0, 0.1) is 6.92 Å². The van der Waals surface area contributed by atoms with Crippen LogP contribution in [0.3, 0.4) is 0 Å². The normalized spacial score (nSPS) is 11.4. The fraction of sp³-hybridized carbons (Fsp3) is 0.231. The predicted molar refractivity (Wildman–Crippen MR) is 74.1 cm³/mol. The van der Waals surface area contributed by atoms with E-state index in [0.29, 0.717) is 0 Å². The molecule has 2 aromatic rings. The van der Waals surface area contributed by atoms with Gasteiger partial charge in [-0.15, -0.1) is 11.3 Å². The van der Waals surface area contributed by atoms with E-state index in [9.17, 15) is 18.0 Å². The summed E-state index contributed by atoms with van der Waals surface area (Å²) in [6.45, 7) is 2.19. The molecule has 2 heterocycles. The molecule has 2 aromatic heterocycles. The Balaban J connectivity index is 2.28. The zero-order valence-corrected chi connectivity index (χ0v) is 11.8. The van der Waals surface area contributed by atoms with E-state index in [-0.39, 0.29) is 17.9 Å². The summed E-state index contributed by atoms with van der Waals surface area (Å²) in [5, 5.41) is 2.74. The van der Waals surface area contributed by atoms with Gasteiger partial charge in [0.15, 0.2) is 0 Å². The minimum atomic E-state index is -4.58. The average molecular weight is 315 g/mol. The Bertz CT molecular complexity index is 667. The Labute approximate surface area is 122 Å². The monoisotopic (exact) mass is 315 g/mol. The molecule has 0 unspecified atom stereocenters. The van der Waals surface area contributed by atoms with Gasteiger partial charge in [0.25, 0.3) is 5.91 Å². The third-order valence-electron chi connectivity index (χ3n) is 2.68. The molecule has 0 aliphatic rings. The predicted octanol–water partition coefficient (Wildman–Crippen LogP) is 3.18. The topological polar surface area (TPSA) is 68.0 Å². The van der Waals surface area contributed by atoms with Gasteiger partial charge >= 0.3 is 6.18 Å². The highest BCUT2D eigenvalue weighted by molar-refractivity contribution is 7.11. The second kappa shape index (κ2) is 5.72. The maximum atomic E-state index is 12.7. The molecule has 0 saturated heterocycles. The Morgan fingerprint density at radius 1 is 1.33 bits per heavy atom. The van der Waals surface area contributed by atoms with Gasteiger partial charge in [0, 0.05) is 9.75 Å². The van der Waals surface area contributed by atoms with Crippen LogP contribution in [0.1, 0.15) is 25.8 Å². The molecule has 0 aromatic carbocycles. The van der Waals surface area contributed by atoms with Crippen LogP contribution in [0.4, 0.5) is 19.0 Å². The molecule has 0 bridgehead atoms. The van der Waals surface area contributed by atoms with Crippen molar-refractivity contribution in [1.29, 1.82) is 0 Å². The number of pyridine rings is 1. The molecule has 0 saturated carbocycles. The Morgan fingerprint density at radius 2 is 2.05 bits per heavy atom. The quantitative estimate of drug-likeness (QED) is 0.910. The summed E-state index contributed by atoms with van der Waals surface area (Å²) < 4.78 is 38.0. The van der Waals surface area contributed by atoms with Gasteiger partial charge in [-0.05, 0) is 31.2 Å². The number of hydrogen-bond acceptors (Lipinski definition) is 4. The number of halogens is 3. The first kappa shape index (κ1) is 15.3. The molecule has 1 amide bonds. The van der Waals surface area contributed by atoms with Crippen LogP contribution < -0.4 is 11.1 Å². The summed E-state index contributed by atoms with van der Waals surface area (Å²) in [7, 11) is 0. The van der Waals surface area contributed by atoms with Gasteiger partial charge in [-0.2, -0.15) is 13.2 Å². The molecule has 112 valence electrons. The van der Waals surface area contributed by atoms with Crippen molar-refractivity contribution in [3.05, 3.63) is 45.3 Å². The van der Waals surface area contributed by atoms with Crippen LogP contribution in [0.2, 0.25) is 0 Å². The van der Waals surface area contributed by atoms with Gasteiger partial charge in [-0.1, -0.05) is 0 Å². The second-order valence-corrected chi connectivity index (χ2v) is 5.69. The minimum absolute atomic E-state index is 0.0729. The number of carbonyl (C=O) groups is 1. The first-order chi connectivity index (χ1) is 9.77. The molecule has 21 heavy (non-hydrogen) atoms. The fourth-order valence-corrected chi connectivity index (χ4v) is 2.53. The third kappa shape index (κ3) is 3.72. The van der Waals surface area contributed by atoms with Crippen molar-refractivity contribution < 1.29 is 18.0 Å². The standard InChI is InChI=1S/C13H12F3N3OS/c1-7-2-3-8(21-7)6-18-12-9(11(17)20)4-5-10(19-12)13(14,15)16/h2-5H,6H2,1H3,(H2,17,20)(H,18,19). The number of amides is 1. The minimum Gasteiger partial charge on any atom is -0.365 e. The number of alkyl halides is 3. The molecule has 8 heteroatoms. The van der Waals surface area contributed by atoms with E-state index >= 15 is 0 Å². The van der Waals surface area contributed by atoms with Crippen LogP contribution in [-0.4, -0.2) is 10.9 Å². The molecule has 0 radical (unpaired) electrons. The van der Waals surface area contributed by atoms with E-state index in [4.69, 9.17) is 5.73 Å². The Hall–Kier alpha value is -2.09. The third-order valence-corrected chi connectivity index (χ3v) is 3.68. The molecular formula is C13H12F3N3OS. The lowest BCUT2D eigenvalue weighted by Gasteiger charge is -2.12. The first-order valence-electron chi connectivity index (χ1n) is 5.94. The smallest absolute Gasteiger partial charge is 0.365 e. The van der Waals surface area contributed by atoms with Crippen molar-refractivity contribution in [2.45, 2.75) is 19.6 Å². The molecule has 4 nitrogen and oxygen atoms in total. The number of aryl methyl sites for hydroxylation is 1. The van der Waals surface area contributed by atoms with Gasteiger partial charge in [0.05, 0.1) is 12.1 Å². The molecule has 0 aliphatic heterocycles. The maximum Gasteiger partial charge on any atom is 0.433 e. The maximum absolute atomic E-state index is 12.7. The molecule has 0 aliphatic carbocycles. The molecule has 0 atom stereocenters. The number of carbonyl (C=O) groups excluding carboxylic acids is 1. The fourth-order valence-electron chi connectivity index (χ4n) is 1.70. The molecule has 3 N–H and O–H groups in total. The van der Waals surface area contributed by atoms with Crippen LogP contribution in [0.15, 0.2) is 24.3 Å². The van der Waals surface area contributed by atoms with Crippen LogP contribution in [0.25, 0.3) is 0 Å². The van der Waals surface area contributed by atoms with Crippen molar-refractivity contribution in [1.82, 2.24) is 4.98 Å². The number of nitrogens with one attached hydrogen (secondary N) is 1. The lowest BCUT2D eigenvalue weighted by Crippen LogP contribution is -2.18. The van der Waals surface area contributed by atoms with E-state index < -0.39 is 17.8 Å². The lowest BCUT2D eigenvalue weighted by atomic mass is 10.2. The van der Waals surface area contributed by atoms with E-state index in [1.807, 2.05) is 19.1 Å². The lowest BCUT2D eigenvalue weighted by molar-refractivity contribution is -0.141. The number of rotatable bonds is 4. The van der Waals surface area contributed by atoms with Crippen molar-refractivity contribution in [2.75, 3.05) is 5.32 Å². The number of thiophene rings is 1. The summed E-state index contributed by atoms with van der Waals surface area (Å²) in [6.07, 6.45) is -4.58. The van der Waals surface area contributed by atoms with E-state index in [0.717, 1.165) is 21.9 Å². The largest absolute Gasteiger partial charge is 0.433 e. The zero-order valence-electron chi connectivity index (χ0n) is 11.0. The highest BCUT2D eigenvalue weighted by Crippen LogP contribution is 2.29. The van der Waals surface area contributed by atoms with Crippen LogP contribution in [0.5, 0.6) is 0 Å². The van der Waals surface area contributed by atoms with E-state index in [1.165, 1.54) is 11.3 Å². The number of nitrogens with zero attached hydrogens (tertiary/aromatic N) is 1. The number of primary amides is 1. The van der Waals surface area contributed by atoms with Gasteiger partial charge in [-0.25, -0.2) is 4.98 Å². The van der Waals surface area contributed by atoms with Gasteiger partial charge in [0.1, 0.15) is 11.5 Å². The number of aromatic nitrogens is 1. The molecule has 0 fully saturated rings. The van der Waals surface area contributed by atoms with Crippen molar-refractivity contribution in [2.24, 2.45) is 5.73 Å². The highest BCUT2D eigenvalue weighted by atomic mass is 32.1. The summed E-state index contributed by atoms with van der Waals surface area (Å²) in [5.41, 5.74) is 4.00. The van der Waals surface area contributed by atoms with E-state index in [2.05, 4.69) is 10.3 Å². The van der Waals surface area contributed by atoms with Crippen LogP contribution in [-0.2, 0) is 12.7 Å². The van der Waals surface area contributed by atoms with Crippen LogP contribution >= 0.6 is 11.3 Å². The summed E-state index contributed by atoms with van der Waals surface area (Å²) in [4.78, 5) is 16.7. The molecule has 0 spiro atoms. The number of hydrogen-bond donors (Lipinski definition) is 2.